The van der Waals surface area contributed by atoms with Gasteiger partial charge in [-0.3, -0.25) is 9.69 Å². The second kappa shape index (κ2) is 12.1. The van der Waals surface area contributed by atoms with Crippen LogP contribution in [0.1, 0.15) is 34.1 Å². The molecule has 0 amide bonds. The minimum atomic E-state index is -0.927. The van der Waals surface area contributed by atoms with Crippen molar-refractivity contribution < 1.29 is 63.4 Å². The van der Waals surface area contributed by atoms with E-state index < -0.39 is 18.4 Å². The summed E-state index contributed by atoms with van der Waals surface area (Å²) in [5, 5.41) is 10.3. The van der Waals surface area contributed by atoms with Crippen LogP contribution in [-0.4, -0.2) is 66.6 Å². The van der Waals surface area contributed by atoms with Gasteiger partial charge in [-0.15, -0.1) is 0 Å². The number of carbonyl (C=O) groups is 1. The fourth-order valence-corrected chi connectivity index (χ4v) is 3.33. The monoisotopic (exact) mass is 554 g/mol. The number of likely N-dealkylation sites (tertiary alicyclic amines) is 1. The molecule has 0 saturated carbocycles. The van der Waals surface area contributed by atoms with E-state index in [0.29, 0.717) is 13.0 Å². The molecular weight excluding hydrogens is 523 g/mol. The Hall–Kier alpha value is 0.652. The average molecular weight is 554 g/mol. The van der Waals surface area contributed by atoms with Crippen LogP contribution in [0.25, 0.3) is 5.73 Å². The summed E-state index contributed by atoms with van der Waals surface area (Å²) >= 11 is 0. The molecule has 137 valence electrons. The topological polar surface area (TPSA) is 82.8 Å². The second-order valence-corrected chi connectivity index (χ2v) is 6.16. The van der Waals surface area contributed by atoms with E-state index in [0.717, 1.165) is 0 Å². The Labute approximate surface area is 181 Å². The Morgan fingerprint density at radius 3 is 2.58 bits per heavy atom. The molecule has 6 atom stereocenters. The van der Waals surface area contributed by atoms with E-state index in [9.17, 15) is 9.90 Å². The van der Waals surface area contributed by atoms with Crippen LogP contribution in [0.3, 0.4) is 0 Å². The number of nitrogens with zero attached hydrogens (tertiary/aromatic N) is 1. The molecule has 0 aromatic rings. The molecule has 0 spiro atoms. The number of ether oxygens (including phenoxy) is 2. The van der Waals surface area contributed by atoms with Crippen molar-refractivity contribution in [2.75, 3.05) is 20.3 Å². The molecule has 0 aromatic carbocycles. The number of aliphatic hydroxyl groups is 1. The molecule has 1 rings (SSSR count). The van der Waals surface area contributed by atoms with E-state index in [1.807, 2.05) is 37.9 Å². The van der Waals surface area contributed by atoms with E-state index in [-0.39, 0.29) is 74.5 Å². The van der Waals surface area contributed by atoms with Crippen LogP contribution in [0, 0.1) is 50.0 Å². The van der Waals surface area contributed by atoms with Crippen molar-refractivity contribution in [2.24, 2.45) is 5.92 Å². The first-order valence-electron chi connectivity index (χ1n) is 8.31. The van der Waals surface area contributed by atoms with E-state index in [4.69, 9.17) is 15.2 Å². The number of allylic oxidation sites excluding steroid dienone is 1. The van der Waals surface area contributed by atoms with Crippen LogP contribution in [0.4, 0.5) is 0 Å². The van der Waals surface area contributed by atoms with Gasteiger partial charge in [0, 0.05) is 56.7 Å². The molecule has 7 heteroatoms. The third-order valence-corrected chi connectivity index (χ3v) is 4.49. The van der Waals surface area contributed by atoms with E-state index in [1.54, 1.807) is 13.8 Å². The maximum absolute atomic E-state index is 11.8. The maximum Gasteiger partial charge on any atom is 0.154 e. The van der Waals surface area contributed by atoms with Crippen molar-refractivity contribution in [1.82, 2.24) is 4.90 Å². The Bertz CT molecular complexity index is 408. The van der Waals surface area contributed by atoms with Crippen LogP contribution in [0.2, 0.25) is 0 Å². The Morgan fingerprint density at radius 1 is 1.46 bits per heavy atom. The van der Waals surface area contributed by atoms with Gasteiger partial charge in [-0.2, -0.15) is 0 Å². The summed E-state index contributed by atoms with van der Waals surface area (Å²) in [4.78, 5) is 13.7. The van der Waals surface area contributed by atoms with Gasteiger partial charge in [0.1, 0.15) is 5.78 Å². The van der Waals surface area contributed by atoms with E-state index >= 15 is 0 Å². The molecular formula is C17H31AcN2O4-. The molecule has 0 aromatic heterocycles. The molecule has 24 heavy (non-hydrogen) atoms. The van der Waals surface area contributed by atoms with Crippen LogP contribution in [0.15, 0.2) is 12.2 Å². The first-order chi connectivity index (χ1) is 10.8. The van der Waals surface area contributed by atoms with Gasteiger partial charge in [-0.05, 0) is 47.1 Å². The van der Waals surface area contributed by atoms with Crippen LogP contribution >= 0.6 is 0 Å². The number of carbonyl (C=O) groups excluding carboxylic acids is 1. The molecule has 0 aliphatic carbocycles. The Kier molecular flexibility index (Phi) is 12.4. The van der Waals surface area contributed by atoms with Gasteiger partial charge < -0.3 is 20.3 Å². The van der Waals surface area contributed by atoms with Gasteiger partial charge in [0.2, 0.25) is 0 Å². The van der Waals surface area contributed by atoms with Crippen molar-refractivity contribution in [1.29, 1.82) is 0 Å². The zero-order valence-electron chi connectivity index (χ0n) is 15.4. The fraction of sp³-hybridized carbons (Fsp3) is 0.824. The third-order valence-electron chi connectivity index (χ3n) is 4.49. The molecule has 1 heterocycles. The van der Waals surface area contributed by atoms with Crippen LogP contribution in [0.5, 0.6) is 0 Å². The number of rotatable bonds is 9. The standard InChI is InChI=1S/C17H31N2O4.Ac/c1-6-8-13-9-14(11(3)20)19(5)17(13)16(18)15(21)10-23-12(4)22-7-2;/h6,8,12-18,21H,7,9-10H2,1-5H3;/q-1;/b8-6-;/t12?,13-,14-,15-,16+,17-;/m1./s1. The van der Waals surface area contributed by atoms with Gasteiger partial charge in [-0.1, -0.05) is 18.2 Å². The minimum absolute atomic E-state index is 0. The van der Waals surface area contributed by atoms with Crippen molar-refractivity contribution >= 4 is 5.78 Å². The third kappa shape index (κ3) is 6.75. The zero-order valence-corrected chi connectivity index (χ0v) is 20.2. The van der Waals surface area contributed by atoms with Gasteiger partial charge in [0.25, 0.3) is 0 Å². The van der Waals surface area contributed by atoms with Crippen molar-refractivity contribution in [3.05, 3.63) is 17.9 Å². The predicted molar refractivity (Wildman–Crippen MR) is 90.1 cm³/mol. The number of hydrogen-bond acceptors (Lipinski definition) is 5. The molecule has 1 fully saturated rings. The second-order valence-electron chi connectivity index (χ2n) is 6.16. The van der Waals surface area contributed by atoms with Crippen molar-refractivity contribution in [3.8, 4) is 0 Å². The minimum Gasteiger partial charge on any atom is -0.671 e. The summed E-state index contributed by atoms with van der Waals surface area (Å²) < 4.78 is 10.7. The first-order valence-corrected chi connectivity index (χ1v) is 8.31. The van der Waals surface area contributed by atoms with Gasteiger partial charge in [0.15, 0.2) is 6.29 Å². The maximum atomic E-state index is 11.8. The molecule has 1 saturated heterocycles. The van der Waals surface area contributed by atoms with Crippen molar-refractivity contribution in [3.63, 3.8) is 0 Å². The molecule has 6 nitrogen and oxygen atoms in total. The number of hydrogen-bond donors (Lipinski definition) is 1. The molecule has 2 N–H and O–H groups in total. The van der Waals surface area contributed by atoms with E-state index in [2.05, 4.69) is 0 Å². The average Bonchev–Trinajstić information content (AvgIpc) is 2.81. The van der Waals surface area contributed by atoms with Crippen LogP contribution < -0.4 is 0 Å². The number of ketones is 1. The number of likely N-dealkylation sites (N-methyl/N-ethyl adjacent to an activating group) is 1. The summed E-state index contributed by atoms with van der Waals surface area (Å²) in [6, 6.07) is -1.15. The largest absolute Gasteiger partial charge is 0.671 e. The summed E-state index contributed by atoms with van der Waals surface area (Å²) in [5.41, 5.74) is 8.43. The first kappa shape index (κ1) is 24.7. The zero-order chi connectivity index (χ0) is 17.6. The number of Topliss-reactive ketones (excluding diaryl/α,β-unsaturated/α-hetero) is 1. The smallest absolute Gasteiger partial charge is 0.154 e. The predicted octanol–water partition coefficient (Wildman–Crippen LogP) is 2.02. The number of aliphatic hydroxyl groups excluding tert-OH is 1. The van der Waals surface area contributed by atoms with Crippen molar-refractivity contribution in [2.45, 2.75) is 64.6 Å². The summed E-state index contributed by atoms with van der Waals surface area (Å²) in [6.45, 7) is 7.74. The Morgan fingerprint density at radius 2 is 2.08 bits per heavy atom. The molecule has 0 bridgehead atoms. The fourth-order valence-electron chi connectivity index (χ4n) is 3.33. The SMILES string of the molecule is C/C=C\[C@@H]1C[C@H](C(C)=O)N(C)[C@H]1[C@@H]([NH-])[C@H](O)COC(C)OCC.[Ac]. The Balaban J connectivity index is 0.00000529. The molecule has 1 aliphatic heterocycles. The molecule has 1 radical (unpaired) electrons. The summed E-state index contributed by atoms with van der Waals surface area (Å²) in [7, 11) is 1.86. The number of nitrogens with one attached hydrogen (secondary N) is 1. The summed E-state index contributed by atoms with van der Waals surface area (Å²) in [5.74, 6) is 0.188. The summed E-state index contributed by atoms with van der Waals surface area (Å²) in [6.07, 6.45) is 3.34. The normalized spacial score (nSPS) is 28.5. The van der Waals surface area contributed by atoms with Crippen LogP contribution in [-0.2, 0) is 14.3 Å². The van der Waals surface area contributed by atoms with E-state index in [1.165, 1.54) is 0 Å². The van der Waals surface area contributed by atoms with Gasteiger partial charge in [-0.25, -0.2) is 0 Å². The quantitative estimate of drug-likeness (QED) is 0.349. The molecule has 1 aliphatic rings. The van der Waals surface area contributed by atoms with Gasteiger partial charge >= 0.3 is 0 Å². The molecule has 1 unspecified atom stereocenters. The van der Waals surface area contributed by atoms with Gasteiger partial charge in [0.05, 0.1) is 18.8 Å².